The first-order valence-electron chi connectivity index (χ1n) is 7.53. The Bertz CT molecular complexity index is 808. The zero-order chi connectivity index (χ0) is 16.8. The summed E-state index contributed by atoms with van der Waals surface area (Å²) in [5, 5.41) is 6.43. The first-order chi connectivity index (χ1) is 11.7. The molecule has 6 heteroatoms. The first-order valence-corrected chi connectivity index (χ1v) is 8.33. The van der Waals surface area contributed by atoms with Crippen LogP contribution < -0.4 is 10.6 Å². The fourth-order valence-electron chi connectivity index (χ4n) is 2.19. The minimum Gasteiger partial charge on any atom is -0.370 e. The van der Waals surface area contributed by atoms with Crippen molar-refractivity contribution in [3.8, 4) is 0 Å². The molecule has 2 aromatic carbocycles. The van der Waals surface area contributed by atoms with Crippen LogP contribution >= 0.6 is 15.9 Å². The highest BCUT2D eigenvalue weighted by atomic mass is 79.9. The van der Waals surface area contributed by atoms with Crippen molar-refractivity contribution in [2.75, 3.05) is 17.2 Å². The molecular formula is C18H16BrFN4. The molecule has 122 valence electrons. The summed E-state index contributed by atoms with van der Waals surface area (Å²) in [6.07, 6.45) is 2.49. The van der Waals surface area contributed by atoms with Gasteiger partial charge in [0.1, 0.15) is 11.6 Å². The minimum absolute atomic E-state index is 0.217. The largest absolute Gasteiger partial charge is 0.370 e. The van der Waals surface area contributed by atoms with Gasteiger partial charge in [-0.1, -0.05) is 24.3 Å². The quantitative estimate of drug-likeness (QED) is 0.640. The maximum Gasteiger partial charge on any atom is 0.229 e. The Morgan fingerprint density at radius 1 is 1.00 bits per heavy atom. The normalized spacial score (nSPS) is 10.4. The van der Waals surface area contributed by atoms with E-state index in [0.29, 0.717) is 12.5 Å². The van der Waals surface area contributed by atoms with Gasteiger partial charge < -0.3 is 10.6 Å². The van der Waals surface area contributed by atoms with Crippen LogP contribution in [0.4, 0.5) is 21.8 Å². The van der Waals surface area contributed by atoms with E-state index >= 15 is 0 Å². The Kier molecular flexibility index (Phi) is 5.38. The summed E-state index contributed by atoms with van der Waals surface area (Å²) in [4.78, 5) is 8.67. The van der Waals surface area contributed by atoms with Gasteiger partial charge in [-0.2, -0.15) is 4.98 Å². The van der Waals surface area contributed by atoms with E-state index < -0.39 is 0 Å². The predicted molar refractivity (Wildman–Crippen MR) is 98.1 cm³/mol. The van der Waals surface area contributed by atoms with Crippen molar-refractivity contribution >= 4 is 33.4 Å². The number of nitrogens with one attached hydrogen (secondary N) is 2. The highest BCUT2D eigenvalue weighted by Gasteiger charge is 2.03. The standard InChI is InChI=1S/C18H16BrFN4/c19-15-3-1-2-4-16(15)23-18-22-12-10-17(24-18)21-11-9-13-5-7-14(20)8-6-13/h1-8,10,12H,9,11H2,(H2,21,22,23,24). The van der Waals surface area contributed by atoms with E-state index in [0.717, 1.165) is 28.0 Å². The van der Waals surface area contributed by atoms with Gasteiger partial charge in [-0.15, -0.1) is 0 Å². The van der Waals surface area contributed by atoms with E-state index in [1.165, 1.54) is 12.1 Å². The molecule has 1 aromatic heterocycles. The van der Waals surface area contributed by atoms with Crippen molar-refractivity contribution in [1.29, 1.82) is 0 Å². The minimum atomic E-state index is -0.217. The van der Waals surface area contributed by atoms with Gasteiger partial charge in [-0.05, 0) is 58.2 Å². The summed E-state index contributed by atoms with van der Waals surface area (Å²) >= 11 is 3.48. The number of hydrogen-bond donors (Lipinski definition) is 2. The molecule has 0 atom stereocenters. The van der Waals surface area contributed by atoms with Gasteiger partial charge >= 0.3 is 0 Å². The molecule has 3 aromatic rings. The third-order valence-corrected chi connectivity index (χ3v) is 4.10. The van der Waals surface area contributed by atoms with Crippen LogP contribution in [0.25, 0.3) is 0 Å². The summed E-state index contributed by atoms with van der Waals surface area (Å²) in [6.45, 7) is 0.705. The van der Waals surface area contributed by atoms with Gasteiger partial charge in [0.25, 0.3) is 0 Å². The second-order valence-corrected chi connectivity index (χ2v) is 6.03. The number of benzene rings is 2. The van der Waals surface area contributed by atoms with Gasteiger partial charge in [0.2, 0.25) is 5.95 Å². The highest BCUT2D eigenvalue weighted by molar-refractivity contribution is 9.10. The van der Waals surface area contributed by atoms with E-state index in [2.05, 4.69) is 36.5 Å². The zero-order valence-corrected chi connectivity index (χ0v) is 14.4. The van der Waals surface area contributed by atoms with Crippen molar-refractivity contribution in [2.45, 2.75) is 6.42 Å². The maximum absolute atomic E-state index is 12.9. The molecule has 1 heterocycles. The van der Waals surface area contributed by atoms with Crippen LogP contribution in [0.1, 0.15) is 5.56 Å². The van der Waals surface area contributed by atoms with Crippen LogP contribution in [0.2, 0.25) is 0 Å². The molecule has 0 unspecified atom stereocenters. The van der Waals surface area contributed by atoms with E-state index in [1.54, 1.807) is 18.3 Å². The fourth-order valence-corrected chi connectivity index (χ4v) is 2.57. The molecule has 4 nitrogen and oxygen atoms in total. The van der Waals surface area contributed by atoms with Crippen molar-refractivity contribution in [3.05, 3.63) is 76.6 Å². The zero-order valence-electron chi connectivity index (χ0n) is 12.8. The van der Waals surface area contributed by atoms with Crippen LogP contribution in [0.15, 0.2) is 65.3 Å². The summed E-state index contributed by atoms with van der Waals surface area (Å²) in [7, 11) is 0. The SMILES string of the molecule is Fc1ccc(CCNc2ccnc(Nc3ccccc3Br)n2)cc1. The summed E-state index contributed by atoms with van der Waals surface area (Å²) in [5.74, 6) is 1.04. The predicted octanol–water partition coefficient (Wildman–Crippen LogP) is 4.78. The molecule has 0 radical (unpaired) electrons. The van der Waals surface area contributed by atoms with E-state index in [1.807, 2.05) is 30.3 Å². The van der Waals surface area contributed by atoms with Crippen LogP contribution in [0, 0.1) is 5.82 Å². The average Bonchev–Trinajstić information content (AvgIpc) is 2.59. The van der Waals surface area contributed by atoms with Crippen LogP contribution in [-0.4, -0.2) is 16.5 Å². The van der Waals surface area contributed by atoms with E-state index in [4.69, 9.17) is 0 Å². The van der Waals surface area contributed by atoms with Crippen molar-refractivity contribution in [3.63, 3.8) is 0 Å². The summed E-state index contributed by atoms with van der Waals surface area (Å²) in [6, 6.07) is 16.1. The van der Waals surface area contributed by atoms with Crippen LogP contribution in [0.5, 0.6) is 0 Å². The molecule has 3 rings (SSSR count). The number of hydrogen-bond acceptors (Lipinski definition) is 4. The molecule has 0 aliphatic rings. The third-order valence-electron chi connectivity index (χ3n) is 3.41. The van der Waals surface area contributed by atoms with Crippen molar-refractivity contribution in [2.24, 2.45) is 0 Å². The molecule has 0 bridgehead atoms. The summed E-state index contributed by atoms with van der Waals surface area (Å²) in [5.41, 5.74) is 1.98. The lowest BCUT2D eigenvalue weighted by Crippen LogP contribution is -2.08. The third kappa shape index (κ3) is 4.52. The van der Waals surface area contributed by atoms with Crippen molar-refractivity contribution in [1.82, 2.24) is 9.97 Å². The number of halogens is 2. The highest BCUT2D eigenvalue weighted by Crippen LogP contribution is 2.23. The molecular weight excluding hydrogens is 371 g/mol. The monoisotopic (exact) mass is 386 g/mol. The van der Waals surface area contributed by atoms with Gasteiger partial charge in [-0.25, -0.2) is 9.37 Å². The second kappa shape index (κ2) is 7.88. The number of rotatable bonds is 6. The molecule has 24 heavy (non-hydrogen) atoms. The molecule has 0 saturated heterocycles. The second-order valence-electron chi connectivity index (χ2n) is 5.17. The van der Waals surface area contributed by atoms with Crippen LogP contribution in [0.3, 0.4) is 0 Å². The Balaban J connectivity index is 1.59. The Morgan fingerprint density at radius 3 is 2.58 bits per heavy atom. The van der Waals surface area contributed by atoms with Crippen LogP contribution in [-0.2, 0) is 6.42 Å². The molecule has 0 aliphatic heterocycles. The molecule has 0 saturated carbocycles. The molecule has 0 fully saturated rings. The summed E-state index contributed by atoms with van der Waals surface area (Å²) < 4.78 is 13.8. The number of para-hydroxylation sites is 1. The lowest BCUT2D eigenvalue weighted by atomic mass is 10.1. The first kappa shape index (κ1) is 16.4. The molecule has 0 aliphatic carbocycles. The maximum atomic E-state index is 12.9. The molecule has 2 N–H and O–H groups in total. The molecule has 0 amide bonds. The number of aromatic nitrogens is 2. The lowest BCUT2D eigenvalue weighted by molar-refractivity contribution is 0.627. The van der Waals surface area contributed by atoms with Gasteiger partial charge in [-0.3, -0.25) is 0 Å². The number of nitrogens with zero attached hydrogens (tertiary/aromatic N) is 2. The number of anilines is 3. The Hall–Kier alpha value is -2.47. The molecule has 0 spiro atoms. The van der Waals surface area contributed by atoms with E-state index in [9.17, 15) is 4.39 Å². The van der Waals surface area contributed by atoms with Gasteiger partial charge in [0, 0.05) is 17.2 Å². The van der Waals surface area contributed by atoms with E-state index in [-0.39, 0.29) is 5.82 Å². The van der Waals surface area contributed by atoms with Crippen molar-refractivity contribution < 1.29 is 4.39 Å². The Morgan fingerprint density at radius 2 is 1.79 bits per heavy atom. The lowest BCUT2D eigenvalue weighted by Gasteiger charge is -2.09. The topological polar surface area (TPSA) is 49.8 Å². The Labute approximate surface area is 148 Å². The average molecular weight is 387 g/mol. The van der Waals surface area contributed by atoms with Gasteiger partial charge in [0.15, 0.2) is 0 Å². The fraction of sp³-hybridized carbons (Fsp3) is 0.111. The van der Waals surface area contributed by atoms with Gasteiger partial charge in [0.05, 0.1) is 5.69 Å². The smallest absolute Gasteiger partial charge is 0.229 e.